The molecule has 1 saturated carbocycles. The number of nitrogens with zero attached hydrogens (tertiary/aromatic N) is 2. The van der Waals surface area contributed by atoms with Crippen LogP contribution in [0.1, 0.15) is 36.2 Å². The third kappa shape index (κ3) is 3.69. The minimum Gasteiger partial charge on any atom is -0.496 e. The van der Waals surface area contributed by atoms with E-state index < -0.39 is 12.1 Å². The van der Waals surface area contributed by atoms with Crippen molar-refractivity contribution in [1.82, 2.24) is 20.5 Å². The van der Waals surface area contributed by atoms with Crippen molar-refractivity contribution in [3.05, 3.63) is 30.0 Å². The Kier molecular flexibility index (Phi) is 5.44. The second-order valence-corrected chi connectivity index (χ2v) is 9.21. The van der Waals surface area contributed by atoms with E-state index in [0.717, 1.165) is 23.7 Å². The molecule has 2 aliphatic heterocycles. The summed E-state index contributed by atoms with van der Waals surface area (Å²) in [6.07, 6.45) is 2.82. The van der Waals surface area contributed by atoms with Gasteiger partial charge < -0.3 is 25.3 Å². The minimum absolute atomic E-state index is 0.0736. The van der Waals surface area contributed by atoms with E-state index in [2.05, 4.69) is 21.7 Å². The molecule has 2 aromatic rings. The SMILES string of the molecule is COc1cccc2[nH]c(C(=O)N3C[C@@H]4CC[C@@H]4[C@H]3C(=O)NC(C#N)C[C@@H]3CCNC3=O)cc12. The number of aromatic amines is 1. The summed E-state index contributed by atoms with van der Waals surface area (Å²) in [5.74, 6) is 0.184. The smallest absolute Gasteiger partial charge is 0.271 e. The monoisotopic (exact) mass is 449 g/mol. The predicted octanol–water partition coefficient (Wildman–Crippen LogP) is 1.56. The minimum atomic E-state index is -0.764. The summed E-state index contributed by atoms with van der Waals surface area (Å²) in [4.78, 5) is 43.5. The molecule has 33 heavy (non-hydrogen) atoms. The topological polar surface area (TPSA) is 127 Å². The summed E-state index contributed by atoms with van der Waals surface area (Å²) in [6.45, 7) is 1.12. The van der Waals surface area contributed by atoms with E-state index in [-0.39, 0.29) is 36.0 Å². The maximum Gasteiger partial charge on any atom is 0.271 e. The molecular weight excluding hydrogens is 422 g/mol. The second kappa shape index (κ2) is 8.43. The number of hydrogen-bond acceptors (Lipinski definition) is 5. The molecule has 1 aromatic carbocycles. The first-order chi connectivity index (χ1) is 16.0. The Hall–Kier alpha value is -3.54. The van der Waals surface area contributed by atoms with Crippen LogP contribution in [0.15, 0.2) is 24.3 Å². The van der Waals surface area contributed by atoms with Crippen LogP contribution in [-0.4, -0.2) is 59.9 Å². The van der Waals surface area contributed by atoms with Gasteiger partial charge in [0.25, 0.3) is 5.91 Å². The summed E-state index contributed by atoms with van der Waals surface area (Å²) in [6, 6.07) is 8.07. The zero-order chi connectivity index (χ0) is 23.1. The standard InChI is InChI=1S/C24H27N5O4/c1-33-20-4-2-3-18-17(20)10-19(28-18)24(32)29-12-14-5-6-16(14)21(29)23(31)27-15(11-25)9-13-7-8-26-22(13)30/h2-4,10,13-16,21,28H,5-9,12H2,1H3,(H,26,30)(H,27,31)/t13-,14-,15?,16-,21-/m0/s1. The van der Waals surface area contributed by atoms with E-state index in [4.69, 9.17) is 4.74 Å². The summed E-state index contributed by atoms with van der Waals surface area (Å²) in [7, 11) is 1.59. The number of H-pyrrole nitrogens is 1. The normalized spacial score (nSPS) is 26.8. The molecule has 1 aliphatic carbocycles. The molecule has 0 spiro atoms. The van der Waals surface area contributed by atoms with Gasteiger partial charge in [-0.1, -0.05) is 6.07 Å². The Morgan fingerprint density at radius 3 is 2.85 bits per heavy atom. The van der Waals surface area contributed by atoms with Crippen molar-refractivity contribution in [3.8, 4) is 11.8 Å². The van der Waals surface area contributed by atoms with Crippen LogP contribution in [0.2, 0.25) is 0 Å². The van der Waals surface area contributed by atoms with Crippen molar-refractivity contribution < 1.29 is 19.1 Å². The van der Waals surface area contributed by atoms with E-state index in [0.29, 0.717) is 36.9 Å². The number of likely N-dealkylation sites (tertiary alicyclic amines) is 1. The van der Waals surface area contributed by atoms with Crippen LogP contribution in [0.5, 0.6) is 5.75 Å². The van der Waals surface area contributed by atoms with Crippen molar-refractivity contribution >= 4 is 28.6 Å². The first kappa shape index (κ1) is 21.3. The number of rotatable bonds is 6. The van der Waals surface area contributed by atoms with Gasteiger partial charge in [-0.05, 0) is 55.7 Å². The van der Waals surface area contributed by atoms with Gasteiger partial charge in [0.1, 0.15) is 23.5 Å². The van der Waals surface area contributed by atoms with Gasteiger partial charge >= 0.3 is 0 Å². The molecule has 0 radical (unpaired) electrons. The summed E-state index contributed by atoms with van der Waals surface area (Å²) in [5.41, 5.74) is 1.20. The van der Waals surface area contributed by atoms with Crippen LogP contribution < -0.4 is 15.4 Å². The largest absolute Gasteiger partial charge is 0.496 e. The molecule has 3 aliphatic rings. The highest BCUT2D eigenvalue weighted by Gasteiger charge is 2.52. The van der Waals surface area contributed by atoms with Crippen molar-refractivity contribution in [1.29, 1.82) is 5.26 Å². The fourth-order valence-electron chi connectivity index (χ4n) is 5.51. The summed E-state index contributed by atoms with van der Waals surface area (Å²) in [5, 5.41) is 16.0. The fourth-order valence-corrected chi connectivity index (χ4v) is 5.51. The van der Waals surface area contributed by atoms with Gasteiger partial charge in [-0.2, -0.15) is 5.26 Å². The van der Waals surface area contributed by atoms with Crippen LogP contribution in [0.4, 0.5) is 0 Å². The number of aromatic nitrogens is 1. The second-order valence-electron chi connectivity index (χ2n) is 9.21. The molecule has 3 amide bonds. The molecule has 3 heterocycles. The number of methoxy groups -OCH3 is 1. The van der Waals surface area contributed by atoms with Gasteiger partial charge in [-0.25, -0.2) is 0 Å². The number of fused-ring (bicyclic) bond motifs is 2. The molecule has 9 nitrogen and oxygen atoms in total. The average Bonchev–Trinajstić information content (AvgIpc) is 3.48. The lowest BCUT2D eigenvalue weighted by molar-refractivity contribution is -0.128. The van der Waals surface area contributed by atoms with E-state index in [1.807, 2.05) is 18.2 Å². The summed E-state index contributed by atoms with van der Waals surface area (Å²) < 4.78 is 5.40. The lowest BCUT2D eigenvalue weighted by Crippen LogP contribution is -2.52. The Morgan fingerprint density at radius 1 is 1.33 bits per heavy atom. The van der Waals surface area contributed by atoms with Crippen molar-refractivity contribution in [2.45, 2.75) is 37.8 Å². The van der Waals surface area contributed by atoms with Crippen molar-refractivity contribution in [2.75, 3.05) is 20.2 Å². The molecule has 3 fully saturated rings. The number of nitriles is 1. The van der Waals surface area contributed by atoms with Crippen molar-refractivity contribution in [3.63, 3.8) is 0 Å². The highest BCUT2D eigenvalue weighted by atomic mass is 16.5. The highest BCUT2D eigenvalue weighted by molar-refractivity contribution is 6.02. The van der Waals surface area contributed by atoms with Gasteiger partial charge in [0.05, 0.1) is 13.2 Å². The van der Waals surface area contributed by atoms with E-state index in [1.165, 1.54) is 0 Å². The fraction of sp³-hybridized carbons (Fsp3) is 0.500. The van der Waals surface area contributed by atoms with Crippen LogP contribution in [0.3, 0.4) is 0 Å². The lowest BCUT2D eigenvalue weighted by Gasteiger charge is -2.33. The number of carbonyl (C=O) groups is 3. The quantitative estimate of drug-likeness (QED) is 0.617. The number of nitrogens with one attached hydrogen (secondary N) is 3. The van der Waals surface area contributed by atoms with Crippen LogP contribution in [0.25, 0.3) is 10.9 Å². The van der Waals surface area contributed by atoms with Gasteiger partial charge in [0.15, 0.2) is 0 Å². The van der Waals surface area contributed by atoms with Gasteiger partial charge in [0.2, 0.25) is 11.8 Å². The number of benzene rings is 1. The Morgan fingerprint density at radius 2 is 2.18 bits per heavy atom. The molecule has 0 bridgehead atoms. The first-order valence-corrected chi connectivity index (χ1v) is 11.4. The zero-order valence-corrected chi connectivity index (χ0v) is 18.5. The average molecular weight is 450 g/mol. The number of ether oxygens (including phenoxy) is 1. The first-order valence-electron chi connectivity index (χ1n) is 11.4. The van der Waals surface area contributed by atoms with Crippen LogP contribution in [0, 0.1) is 29.1 Å². The zero-order valence-electron chi connectivity index (χ0n) is 18.5. The predicted molar refractivity (Wildman–Crippen MR) is 119 cm³/mol. The van der Waals surface area contributed by atoms with Crippen molar-refractivity contribution in [2.24, 2.45) is 17.8 Å². The molecule has 3 N–H and O–H groups in total. The highest BCUT2D eigenvalue weighted by Crippen LogP contribution is 2.45. The molecule has 1 unspecified atom stereocenters. The van der Waals surface area contributed by atoms with Gasteiger partial charge in [-0.3, -0.25) is 14.4 Å². The maximum atomic E-state index is 13.5. The van der Waals surface area contributed by atoms with E-state index >= 15 is 0 Å². The van der Waals surface area contributed by atoms with E-state index in [1.54, 1.807) is 18.1 Å². The van der Waals surface area contributed by atoms with Gasteiger partial charge in [0, 0.05) is 29.9 Å². The van der Waals surface area contributed by atoms with E-state index in [9.17, 15) is 19.6 Å². The number of carbonyl (C=O) groups excluding carboxylic acids is 3. The van der Waals surface area contributed by atoms with Crippen LogP contribution >= 0.6 is 0 Å². The van der Waals surface area contributed by atoms with Gasteiger partial charge in [-0.15, -0.1) is 0 Å². The lowest BCUT2D eigenvalue weighted by atomic mass is 9.73. The van der Waals surface area contributed by atoms with Crippen LogP contribution in [-0.2, 0) is 9.59 Å². The Bertz CT molecular complexity index is 1150. The molecule has 1 aromatic heterocycles. The third-order valence-electron chi connectivity index (χ3n) is 7.41. The maximum absolute atomic E-state index is 13.5. The summed E-state index contributed by atoms with van der Waals surface area (Å²) >= 11 is 0. The molecule has 9 heteroatoms. The number of hydrogen-bond donors (Lipinski definition) is 3. The third-order valence-corrected chi connectivity index (χ3v) is 7.41. The Labute approximate surface area is 191 Å². The number of amides is 3. The molecular formula is C24H27N5O4. The molecule has 172 valence electrons. The Balaban J connectivity index is 1.35. The molecule has 5 rings (SSSR count). The molecule has 5 atom stereocenters. The molecule has 2 saturated heterocycles.